The molecule has 3 rings (SSSR count). The monoisotopic (exact) mass is 412 g/mol. The van der Waals surface area contributed by atoms with Crippen LogP contribution in [0, 0.1) is 0 Å². The van der Waals surface area contributed by atoms with Crippen LogP contribution in [0.25, 0.3) is 11.3 Å². The number of rotatable bonds is 8. The van der Waals surface area contributed by atoms with E-state index in [4.69, 9.17) is 23.9 Å². The Morgan fingerprint density at radius 1 is 0.966 bits per heavy atom. The predicted molar refractivity (Wildman–Crippen MR) is 116 cm³/mol. The zero-order valence-corrected chi connectivity index (χ0v) is 17.8. The molecule has 0 aliphatic carbocycles. The number of hydrogen-bond acceptors (Lipinski definition) is 6. The maximum atomic E-state index is 5.50. The minimum absolute atomic E-state index is 0.559. The van der Waals surface area contributed by atoms with Gasteiger partial charge < -0.3 is 23.5 Å². The zero-order chi connectivity index (χ0) is 20.8. The van der Waals surface area contributed by atoms with E-state index in [2.05, 4.69) is 16.5 Å². The predicted octanol–water partition coefficient (Wildman–Crippen LogP) is 4.67. The molecule has 3 aromatic rings. The average molecular weight is 413 g/mol. The lowest BCUT2D eigenvalue weighted by Crippen LogP contribution is -2.15. The molecular formula is C22H24N2O4S. The molecule has 0 saturated carbocycles. The third-order valence-corrected chi connectivity index (χ3v) is 5.23. The van der Waals surface area contributed by atoms with Gasteiger partial charge in [0.05, 0.1) is 34.1 Å². The van der Waals surface area contributed by atoms with Gasteiger partial charge in [0.1, 0.15) is 11.4 Å². The summed E-state index contributed by atoms with van der Waals surface area (Å²) in [5.41, 5.74) is 2.67. The Labute approximate surface area is 174 Å². The van der Waals surface area contributed by atoms with Crippen molar-refractivity contribution in [2.24, 2.45) is 4.99 Å². The van der Waals surface area contributed by atoms with Crippen LogP contribution in [0.15, 0.2) is 59.4 Å². The molecule has 0 aliphatic rings. The van der Waals surface area contributed by atoms with Crippen LogP contribution < -0.4 is 23.7 Å². The van der Waals surface area contributed by atoms with Gasteiger partial charge >= 0.3 is 0 Å². The highest BCUT2D eigenvalue weighted by molar-refractivity contribution is 7.07. The number of allylic oxidation sites excluding steroid dienone is 1. The Kier molecular flexibility index (Phi) is 6.61. The van der Waals surface area contributed by atoms with Crippen molar-refractivity contribution < 1.29 is 18.9 Å². The highest BCUT2D eigenvalue weighted by Gasteiger charge is 2.16. The summed E-state index contributed by atoms with van der Waals surface area (Å²) < 4.78 is 24.0. The van der Waals surface area contributed by atoms with Crippen molar-refractivity contribution in [1.29, 1.82) is 0 Å². The van der Waals surface area contributed by atoms with Gasteiger partial charge in [0.25, 0.3) is 0 Å². The molecule has 0 amide bonds. The van der Waals surface area contributed by atoms with Crippen molar-refractivity contribution in [3.63, 3.8) is 0 Å². The molecule has 0 atom stereocenters. The lowest BCUT2D eigenvalue weighted by atomic mass is 10.1. The molecular weight excluding hydrogens is 388 g/mol. The molecule has 0 fully saturated rings. The number of hydrogen-bond donors (Lipinski definition) is 0. The van der Waals surface area contributed by atoms with Crippen molar-refractivity contribution >= 4 is 17.0 Å². The van der Waals surface area contributed by atoms with E-state index in [0.717, 1.165) is 27.5 Å². The van der Waals surface area contributed by atoms with Crippen LogP contribution in [-0.2, 0) is 6.54 Å². The Morgan fingerprint density at radius 2 is 1.62 bits per heavy atom. The van der Waals surface area contributed by atoms with E-state index in [1.54, 1.807) is 39.8 Å². The second kappa shape index (κ2) is 9.34. The lowest BCUT2D eigenvalue weighted by molar-refractivity contribution is 0.324. The van der Waals surface area contributed by atoms with Gasteiger partial charge in [-0.2, -0.15) is 0 Å². The molecule has 1 aromatic heterocycles. The average Bonchev–Trinajstić information content (AvgIpc) is 3.15. The second-order valence-corrected chi connectivity index (χ2v) is 6.84. The first-order chi connectivity index (χ1) is 14.2. The van der Waals surface area contributed by atoms with Crippen LogP contribution in [0.4, 0.5) is 5.69 Å². The number of para-hydroxylation sites is 2. The summed E-state index contributed by atoms with van der Waals surface area (Å²) in [4.78, 5) is 5.65. The Morgan fingerprint density at radius 3 is 2.21 bits per heavy atom. The molecule has 29 heavy (non-hydrogen) atoms. The van der Waals surface area contributed by atoms with Crippen LogP contribution in [0.5, 0.6) is 23.0 Å². The molecule has 0 bridgehead atoms. The summed E-state index contributed by atoms with van der Waals surface area (Å²) in [6.45, 7) is 4.50. The molecule has 0 unspecified atom stereocenters. The number of nitrogens with zero attached hydrogens (tertiary/aromatic N) is 2. The molecule has 0 spiro atoms. The number of benzene rings is 2. The Balaban J connectivity index is 2.20. The fourth-order valence-electron chi connectivity index (χ4n) is 3.01. The van der Waals surface area contributed by atoms with Crippen molar-refractivity contribution in [3.8, 4) is 34.3 Å². The van der Waals surface area contributed by atoms with E-state index in [9.17, 15) is 0 Å². The lowest BCUT2D eigenvalue weighted by Gasteiger charge is -2.15. The second-order valence-electron chi connectivity index (χ2n) is 6.00. The minimum atomic E-state index is 0.559. The van der Waals surface area contributed by atoms with Gasteiger partial charge in [0.2, 0.25) is 5.75 Å². The van der Waals surface area contributed by atoms with E-state index >= 15 is 0 Å². The molecule has 0 radical (unpaired) electrons. The zero-order valence-electron chi connectivity index (χ0n) is 17.0. The molecule has 0 saturated heterocycles. The van der Waals surface area contributed by atoms with E-state index < -0.39 is 0 Å². The highest BCUT2D eigenvalue weighted by Crippen LogP contribution is 2.41. The standard InChI is InChI=1S/C22H24N2O4S/c1-6-11-24-17(15-12-19(26-3)21(28-5)20(13-15)27-4)14-29-22(24)23-16-9-7-8-10-18(16)25-2/h6-10,12-14H,1,11H2,2-5H3. The number of thiazole rings is 1. The SMILES string of the molecule is C=CCn1c(-c2cc(OC)c(OC)c(OC)c2)csc1=Nc1ccccc1OC. The third kappa shape index (κ3) is 4.14. The van der Waals surface area contributed by atoms with Gasteiger partial charge in [0, 0.05) is 17.5 Å². The van der Waals surface area contributed by atoms with Gasteiger partial charge in [-0.1, -0.05) is 18.2 Å². The van der Waals surface area contributed by atoms with Crippen molar-refractivity contribution in [1.82, 2.24) is 4.57 Å². The molecule has 0 N–H and O–H groups in total. The Bertz CT molecular complexity index is 1040. The summed E-state index contributed by atoms with van der Waals surface area (Å²) >= 11 is 1.54. The molecule has 0 aliphatic heterocycles. The summed E-state index contributed by atoms with van der Waals surface area (Å²) in [7, 11) is 6.44. The van der Waals surface area contributed by atoms with Crippen LogP contribution in [-0.4, -0.2) is 33.0 Å². The van der Waals surface area contributed by atoms with Crippen LogP contribution in [0.2, 0.25) is 0 Å². The van der Waals surface area contributed by atoms with Crippen LogP contribution >= 0.6 is 11.3 Å². The highest BCUT2D eigenvalue weighted by atomic mass is 32.1. The third-order valence-electron chi connectivity index (χ3n) is 4.37. The summed E-state index contributed by atoms with van der Waals surface area (Å²) in [5, 5.41) is 2.05. The van der Waals surface area contributed by atoms with Crippen molar-refractivity contribution in [3.05, 3.63) is 59.2 Å². The number of aromatic nitrogens is 1. The quantitative estimate of drug-likeness (QED) is 0.505. The minimum Gasteiger partial charge on any atom is -0.494 e. The van der Waals surface area contributed by atoms with E-state index in [1.807, 2.05) is 42.5 Å². The maximum absolute atomic E-state index is 5.50. The van der Waals surface area contributed by atoms with Crippen molar-refractivity contribution in [2.75, 3.05) is 28.4 Å². The molecule has 152 valence electrons. The van der Waals surface area contributed by atoms with E-state index in [0.29, 0.717) is 23.8 Å². The topological polar surface area (TPSA) is 54.2 Å². The smallest absolute Gasteiger partial charge is 0.203 e. The summed E-state index contributed by atoms with van der Waals surface area (Å²) in [6.07, 6.45) is 1.84. The normalized spacial score (nSPS) is 11.2. The number of methoxy groups -OCH3 is 4. The largest absolute Gasteiger partial charge is 0.494 e. The molecule has 6 nitrogen and oxygen atoms in total. The van der Waals surface area contributed by atoms with Crippen LogP contribution in [0.1, 0.15) is 0 Å². The first-order valence-electron chi connectivity index (χ1n) is 8.94. The number of ether oxygens (including phenoxy) is 4. The van der Waals surface area contributed by atoms with E-state index in [-0.39, 0.29) is 0 Å². The van der Waals surface area contributed by atoms with Gasteiger partial charge in [-0.05, 0) is 24.3 Å². The summed E-state index contributed by atoms with van der Waals surface area (Å²) in [5.74, 6) is 2.48. The Hall–Kier alpha value is -3.19. The van der Waals surface area contributed by atoms with Gasteiger partial charge in [-0.25, -0.2) is 4.99 Å². The van der Waals surface area contributed by atoms with Gasteiger partial charge in [-0.3, -0.25) is 0 Å². The van der Waals surface area contributed by atoms with Gasteiger partial charge in [0.15, 0.2) is 16.3 Å². The van der Waals surface area contributed by atoms with E-state index in [1.165, 1.54) is 0 Å². The summed E-state index contributed by atoms with van der Waals surface area (Å²) in [6, 6.07) is 11.5. The first kappa shape index (κ1) is 20.5. The molecule has 7 heteroatoms. The first-order valence-corrected chi connectivity index (χ1v) is 9.82. The van der Waals surface area contributed by atoms with Gasteiger partial charge in [-0.15, -0.1) is 17.9 Å². The fraction of sp³-hybridized carbons (Fsp3) is 0.227. The molecule has 1 heterocycles. The maximum Gasteiger partial charge on any atom is 0.203 e. The van der Waals surface area contributed by atoms with Crippen molar-refractivity contribution in [2.45, 2.75) is 6.54 Å². The van der Waals surface area contributed by atoms with Crippen LogP contribution in [0.3, 0.4) is 0 Å². The fourth-order valence-corrected chi connectivity index (χ4v) is 3.94. The molecule has 2 aromatic carbocycles.